The van der Waals surface area contributed by atoms with E-state index in [2.05, 4.69) is 5.32 Å². The zero-order valence-corrected chi connectivity index (χ0v) is 20.1. The van der Waals surface area contributed by atoms with Crippen molar-refractivity contribution in [3.8, 4) is 11.5 Å². The molecule has 0 bridgehead atoms. The number of imide groups is 1. The van der Waals surface area contributed by atoms with Gasteiger partial charge in [0.1, 0.15) is 11.5 Å². The summed E-state index contributed by atoms with van der Waals surface area (Å²) < 4.78 is 16.2. The van der Waals surface area contributed by atoms with Crippen LogP contribution >= 0.6 is 0 Å². The van der Waals surface area contributed by atoms with Crippen LogP contribution < -0.4 is 19.7 Å². The highest BCUT2D eigenvalue weighted by Gasteiger charge is 2.70. The zero-order valence-electron chi connectivity index (χ0n) is 20.1. The molecule has 8 nitrogen and oxygen atoms in total. The summed E-state index contributed by atoms with van der Waals surface area (Å²) in [6, 6.07) is 22.2. The molecule has 0 aromatic heterocycles. The summed E-state index contributed by atoms with van der Waals surface area (Å²) in [6.07, 6.45) is 0. The van der Waals surface area contributed by atoms with Crippen molar-refractivity contribution in [1.82, 2.24) is 5.32 Å². The van der Waals surface area contributed by atoms with Crippen molar-refractivity contribution in [3.05, 3.63) is 90.0 Å². The topological polar surface area (TPSA) is 94.2 Å². The van der Waals surface area contributed by atoms with Gasteiger partial charge in [0.2, 0.25) is 11.8 Å². The highest BCUT2D eigenvalue weighted by molar-refractivity contribution is 6.24. The molecule has 2 aliphatic heterocycles. The van der Waals surface area contributed by atoms with Crippen molar-refractivity contribution in [3.63, 3.8) is 0 Å². The van der Waals surface area contributed by atoms with Gasteiger partial charge in [0.15, 0.2) is 5.54 Å². The number of esters is 1. The molecule has 4 atom stereocenters. The van der Waals surface area contributed by atoms with Crippen LogP contribution in [0.15, 0.2) is 78.9 Å². The van der Waals surface area contributed by atoms with Crippen LogP contribution in [0.4, 0.5) is 5.69 Å². The van der Waals surface area contributed by atoms with Crippen LogP contribution in [0.1, 0.15) is 17.2 Å². The molecule has 2 aliphatic rings. The van der Waals surface area contributed by atoms with Crippen molar-refractivity contribution in [2.24, 2.45) is 11.8 Å². The van der Waals surface area contributed by atoms with E-state index >= 15 is 0 Å². The molecule has 3 aromatic carbocycles. The van der Waals surface area contributed by atoms with E-state index in [-0.39, 0.29) is 0 Å². The van der Waals surface area contributed by atoms with Gasteiger partial charge >= 0.3 is 5.97 Å². The number of nitrogens with one attached hydrogen (secondary N) is 1. The standard InChI is InChI=1S/C28H26N2O6/c1-34-19-14-15-20(21(16-19)35-2)24-22-23(26(32)30(25(22)31)18-12-8-5-9-13-18)28(29-24,27(33)36-3)17-10-6-4-7-11-17/h4-16,22-24,29H,1-3H3/t22-,23+,24+,28+/m0/s1. The summed E-state index contributed by atoms with van der Waals surface area (Å²) in [5, 5.41) is 3.37. The third kappa shape index (κ3) is 3.37. The molecule has 184 valence electrons. The van der Waals surface area contributed by atoms with Crippen molar-refractivity contribution < 1.29 is 28.6 Å². The van der Waals surface area contributed by atoms with Crippen molar-refractivity contribution in [2.45, 2.75) is 11.6 Å². The number of rotatable bonds is 6. The summed E-state index contributed by atoms with van der Waals surface area (Å²) in [7, 11) is 4.35. The number of hydrogen-bond donors (Lipinski definition) is 1. The predicted octanol–water partition coefficient (Wildman–Crippen LogP) is 3.22. The lowest BCUT2D eigenvalue weighted by Crippen LogP contribution is -2.53. The molecule has 0 unspecified atom stereocenters. The number of hydrogen-bond acceptors (Lipinski definition) is 7. The molecule has 36 heavy (non-hydrogen) atoms. The Hall–Kier alpha value is -4.17. The Bertz CT molecular complexity index is 1310. The van der Waals surface area contributed by atoms with Gasteiger partial charge in [-0.15, -0.1) is 0 Å². The van der Waals surface area contributed by atoms with E-state index in [1.54, 1.807) is 73.8 Å². The highest BCUT2D eigenvalue weighted by Crippen LogP contribution is 2.55. The molecule has 3 aromatic rings. The lowest BCUT2D eigenvalue weighted by atomic mass is 9.75. The van der Waals surface area contributed by atoms with Crippen LogP contribution in [-0.2, 0) is 24.7 Å². The average molecular weight is 487 g/mol. The number of anilines is 1. The third-order valence-corrected chi connectivity index (χ3v) is 7.09. The first kappa shape index (κ1) is 23.6. The number of ether oxygens (including phenoxy) is 3. The van der Waals surface area contributed by atoms with Gasteiger partial charge in [0.05, 0.1) is 38.9 Å². The van der Waals surface area contributed by atoms with Crippen LogP contribution in [0.2, 0.25) is 0 Å². The van der Waals surface area contributed by atoms with Crippen molar-refractivity contribution in [1.29, 1.82) is 0 Å². The van der Waals surface area contributed by atoms with Crippen molar-refractivity contribution in [2.75, 3.05) is 26.2 Å². The van der Waals surface area contributed by atoms with Gasteiger partial charge in [-0.05, 0) is 23.8 Å². The summed E-state index contributed by atoms with van der Waals surface area (Å²) >= 11 is 0. The number of carbonyl (C=O) groups is 3. The number of methoxy groups -OCH3 is 3. The van der Waals surface area contributed by atoms with E-state index in [0.717, 1.165) is 0 Å². The molecule has 0 saturated carbocycles. The maximum Gasteiger partial charge on any atom is 0.331 e. The van der Waals surface area contributed by atoms with E-state index in [0.29, 0.717) is 28.3 Å². The van der Waals surface area contributed by atoms with Gasteiger partial charge in [0.25, 0.3) is 0 Å². The number of fused-ring (bicyclic) bond motifs is 1. The minimum absolute atomic E-state index is 0.395. The van der Waals surface area contributed by atoms with E-state index in [1.807, 2.05) is 12.1 Å². The molecule has 2 heterocycles. The minimum atomic E-state index is -1.59. The summed E-state index contributed by atoms with van der Waals surface area (Å²) in [4.78, 5) is 42.8. The highest BCUT2D eigenvalue weighted by atomic mass is 16.5. The first-order chi connectivity index (χ1) is 17.5. The lowest BCUT2D eigenvalue weighted by Gasteiger charge is -2.33. The van der Waals surface area contributed by atoms with Gasteiger partial charge in [-0.3, -0.25) is 14.9 Å². The third-order valence-electron chi connectivity index (χ3n) is 7.09. The molecular weight excluding hydrogens is 460 g/mol. The van der Waals surface area contributed by atoms with Gasteiger partial charge in [-0.25, -0.2) is 9.69 Å². The first-order valence-corrected chi connectivity index (χ1v) is 11.5. The largest absolute Gasteiger partial charge is 0.497 e. The Morgan fingerprint density at radius 2 is 1.53 bits per heavy atom. The second-order valence-electron chi connectivity index (χ2n) is 8.75. The van der Waals surface area contributed by atoms with Gasteiger partial charge in [0, 0.05) is 17.7 Å². The second kappa shape index (κ2) is 9.13. The van der Waals surface area contributed by atoms with Crippen molar-refractivity contribution >= 4 is 23.5 Å². The number of nitrogens with zero attached hydrogens (tertiary/aromatic N) is 1. The summed E-state index contributed by atoms with van der Waals surface area (Å²) in [5.41, 5.74) is 0.0326. The number of amides is 2. The molecule has 0 aliphatic carbocycles. The first-order valence-electron chi connectivity index (χ1n) is 11.5. The molecule has 8 heteroatoms. The fourth-order valence-electron chi connectivity index (χ4n) is 5.51. The smallest absolute Gasteiger partial charge is 0.331 e. The SMILES string of the molecule is COC(=O)[C@]1(c2ccccc2)N[C@H](c2ccc(OC)cc2OC)[C@H]2C(=O)N(c3ccccc3)C(=O)[C@@H]21. The van der Waals surface area contributed by atoms with Crippen LogP contribution in [0.25, 0.3) is 0 Å². The van der Waals surface area contributed by atoms with Crippen LogP contribution in [-0.4, -0.2) is 39.1 Å². The molecule has 0 spiro atoms. The Kier molecular flexibility index (Phi) is 5.97. The maximum atomic E-state index is 14.0. The number of para-hydroxylation sites is 1. The Morgan fingerprint density at radius 1 is 0.861 bits per heavy atom. The average Bonchev–Trinajstić information content (AvgIpc) is 3.42. The van der Waals surface area contributed by atoms with E-state index in [1.165, 1.54) is 19.1 Å². The molecule has 1 N–H and O–H groups in total. The van der Waals surface area contributed by atoms with E-state index in [9.17, 15) is 14.4 Å². The van der Waals surface area contributed by atoms with Crippen LogP contribution in [0, 0.1) is 11.8 Å². The van der Waals surface area contributed by atoms with E-state index < -0.39 is 41.2 Å². The normalized spacial score (nSPS) is 25.0. The molecular formula is C28H26N2O6. The lowest BCUT2D eigenvalue weighted by molar-refractivity contribution is -0.152. The molecule has 2 saturated heterocycles. The quantitative estimate of drug-likeness (QED) is 0.422. The zero-order chi connectivity index (χ0) is 25.4. The fourth-order valence-corrected chi connectivity index (χ4v) is 5.51. The molecule has 5 rings (SSSR count). The van der Waals surface area contributed by atoms with Gasteiger partial charge in [-0.2, -0.15) is 0 Å². The predicted molar refractivity (Wildman–Crippen MR) is 131 cm³/mol. The van der Waals surface area contributed by atoms with Crippen LogP contribution in [0.3, 0.4) is 0 Å². The molecule has 2 amide bonds. The Morgan fingerprint density at radius 3 is 2.14 bits per heavy atom. The molecule has 2 fully saturated rings. The monoisotopic (exact) mass is 486 g/mol. The van der Waals surface area contributed by atoms with Gasteiger partial charge < -0.3 is 14.2 Å². The van der Waals surface area contributed by atoms with E-state index in [4.69, 9.17) is 14.2 Å². The summed E-state index contributed by atoms with van der Waals surface area (Å²) in [6.45, 7) is 0. The molecule has 0 radical (unpaired) electrons. The number of benzene rings is 3. The van der Waals surface area contributed by atoms with Gasteiger partial charge in [-0.1, -0.05) is 54.6 Å². The number of carbonyl (C=O) groups excluding carboxylic acids is 3. The van der Waals surface area contributed by atoms with Crippen LogP contribution in [0.5, 0.6) is 11.5 Å². The summed E-state index contributed by atoms with van der Waals surface area (Å²) in [5.74, 6) is -2.39. The maximum absolute atomic E-state index is 14.0. The minimum Gasteiger partial charge on any atom is -0.497 e. The Labute approximate surface area is 208 Å². The Balaban J connectivity index is 1.75. The fraction of sp³-hybridized carbons (Fsp3) is 0.250. The second-order valence-corrected chi connectivity index (χ2v) is 8.75.